The van der Waals surface area contributed by atoms with E-state index in [1.54, 1.807) is 18.2 Å². The summed E-state index contributed by atoms with van der Waals surface area (Å²) < 4.78 is 18.9. The molecule has 23 heavy (non-hydrogen) atoms. The van der Waals surface area contributed by atoms with Crippen molar-refractivity contribution in [2.45, 2.75) is 5.16 Å². The number of aromatic amines is 1. The first kappa shape index (κ1) is 15.2. The molecule has 7 nitrogen and oxygen atoms in total. The van der Waals surface area contributed by atoms with Crippen molar-refractivity contribution in [2.24, 2.45) is 0 Å². The van der Waals surface area contributed by atoms with E-state index < -0.39 is 11.5 Å². The second kappa shape index (κ2) is 6.21. The zero-order valence-corrected chi connectivity index (χ0v) is 12.8. The number of halogens is 1. The lowest BCUT2D eigenvalue weighted by molar-refractivity contribution is -0.137. The molecule has 1 aromatic carbocycles. The van der Waals surface area contributed by atoms with Crippen LogP contribution < -0.4 is 5.56 Å². The van der Waals surface area contributed by atoms with E-state index >= 15 is 0 Å². The number of methoxy groups -OCH3 is 1. The molecule has 3 rings (SSSR count). The van der Waals surface area contributed by atoms with Crippen molar-refractivity contribution in [3.8, 4) is 11.3 Å². The predicted octanol–water partition coefficient (Wildman–Crippen LogP) is 1.49. The molecule has 0 atom stereocenters. The van der Waals surface area contributed by atoms with E-state index in [9.17, 15) is 14.0 Å². The summed E-state index contributed by atoms with van der Waals surface area (Å²) in [6.07, 6.45) is 0. The molecule has 0 aliphatic heterocycles. The summed E-state index contributed by atoms with van der Waals surface area (Å²) in [6.45, 7) is 0. The van der Waals surface area contributed by atoms with Crippen molar-refractivity contribution in [1.82, 2.24) is 19.8 Å². The van der Waals surface area contributed by atoms with Crippen LogP contribution in [0.5, 0.6) is 0 Å². The summed E-state index contributed by atoms with van der Waals surface area (Å²) in [5, 5.41) is 10.9. The van der Waals surface area contributed by atoms with Gasteiger partial charge in [0.15, 0.2) is 0 Å². The number of carbonyl (C=O) groups excluding carboxylic acids is 1. The molecule has 0 fully saturated rings. The Morgan fingerprint density at radius 1 is 1.39 bits per heavy atom. The number of rotatable bonds is 4. The highest BCUT2D eigenvalue weighted by atomic mass is 32.2. The van der Waals surface area contributed by atoms with Crippen LogP contribution in [-0.4, -0.2) is 38.6 Å². The molecule has 0 bridgehead atoms. The lowest BCUT2D eigenvalue weighted by Gasteiger charge is -2.01. The Kier molecular flexibility index (Phi) is 4.11. The summed E-state index contributed by atoms with van der Waals surface area (Å²) in [7, 11) is 1.29. The van der Waals surface area contributed by atoms with Gasteiger partial charge in [0.2, 0.25) is 5.16 Å². The molecule has 0 saturated carbocycles. The van der Waals surface area contributed by atoms with Gasteiger partial charge in [-0.1, -0.05) is 11.8 Å². The third kappa shape index (κ3) is 3.09. The van der Waals surface area contributed by atoms with Crippen LogP contribution in [-0.2, 0) is 9.53 Å². The Morgan fingerprint density at radius 3 is 2.83 bits per heavy atom. The Morgan fingerprint density at radius 2 is 2.13 bits per heavy atom. The second-order valence-electron chi connectivity index (χ2n) is 4.53. The largest absolute Gasteiger partial charge is 0.468 e. The van der Waals surface area contributed by atoms with Crippen LogP contribution >= 0.6 is 11.8 Å². The van der Waals surface area contributed by atoms with Gasteiger partial charge >= 0.3 is 5.97 Å². The summed E-state index contributed by atoms with van der Waals surface area (Å²) in [4.78, 5) is 23.1. The number of ether oxygens (including phenoxy) is 1. The molecule has 0 spiro atoms. The van der Waals surface area contributed by atoms with Crippen LogP contribution in [0.2, 0.25) is 0 Å². The minimum Gasteiger partial charge on any atom is -0.468 e. The van der Waals surface area contributed by atoms with E-state index in [4.69, 9.17) is 0 Å². The summed E-state index contributed by atoms with van der Waals surface area (Å²) in [5.41, 5.74) is 1.04. The maximum Gasteiger partial charge on any atom is 0.316 e. The maximum absolute atomic E-state index is 13.0. The first-order valence-corrected chi connectivity index (χ1v) is 7.51. The van der Waals surface area contributed by atoms with Crippen molar-refractivity contribution in [2.75, 3.05) is 12.9 Å². The van der Waals surface area contributed by atoms with E-state index in [2.05, 4.69) is 20.0 Å². The number of fused-ring (bicyclic) bond motifs is 1. The number of esters is 1. The van der Waals surface area contributed by atoms with Crippen LogP contribution in [0.3, 0.4) is 0 Å². The fourth-order valence-corrected chi connectivity index (χ4v) is 2.67. The van der Waals surface area contributed by atoms with Crippen LogP contribution in [0, 0.1) is 5.82 Å². The van der Waals surface area contributed by atoms with Gasteiger partial charge in [-0.05, 0) is 30.3 Å². The smallest absolute Gasteiger partial charge is 0.316 e. The Labute approximate surface area is 133 Å². The summed E-state index contributed by atoms with van der Waals surface area (Å²) in [5.74, 6) is -0.732. The van der Waals surface area contributed by atoms with Crippen molar-refractivity contribution >= 4 is 23.2 Å². The van der Waals surface area contributed by atoms with Crippen molar-refractivity contribution in [1.29, 1.82) is 0 Å². The van der Waals surface area contributed by atoms with Crippen LogP contribution in [0.25, 0.3) is 16.8 Å². The molecule has 0 unspecified atom stereocenters. The average molecular weight is 334 g/mol. The number of nitrogens with one attached hydrogen (secondary N) is 1. The molecule has 9 heteroatoms. The number of nitrogens with zero attached hydrogens (tertiary/aromatic N) is 3. The topological polar surface area (TPSA) is 89.3 Å². The highest BCUT2D eigenvalue weighted by Crippen LogP contribution is 2.21. The minimum absolute atomic E-state index is 0.0381. The summed E-state index contributed by atoms with van der Waals surface area (Å²) >= 11 is 1.09. The number of hydrogen-bond acceptors (Lipinski definition) is 6. The number of H-pyrrole nitrogens is 1. The molecule has 0 radical (unpaired) electrons. The third-order valence-electron chi connectivity index (χ3n) is 3.06. The fraction of sp³-hybridized carbons (Fsp3) is 0.143. The fourth-order valence-electron chi connectivity index (χ4n) is 1.93. The zero-order valence-electron chi connectivity index (χ0n) is 11.9. The van der Waals surface area contributed by atoms with Gasteiger partial charge in [0.05, 0.1) is 18.6 Å². The van der Waals surface area contributed by atoms with Crippen molar-refractivity contribution in [3.63, 3.8) is 0 Å². The first-order chi connectivity index (χ1) is 11.1. The van der Waals surface area contributed by atoms with Gasteiger partial charge in [-0.15, -0.1) is 5.10 Å². The number of aromatic nitrogens is 4. The molecule has 2 aromatic heterocycles. The van der Waals surface area contributed by atoms with Crippen molar-refractivity contribution in [3.05, 3.63) is 46.5 Å². The number of benzene rings is 1. The van der Waals surface area contributed by atoms with Gasteiger partial charge in [-0.2, -0.15) is 5.10 Å². The van der Waals surface area contributed by atoms with E-state index in [1.807, 2.05) is 0 Å². The highest BCUT2D eigenvalue weighted by molar-refractivity contribution is 7.99. The highest BCUT2D eigenvalue weighted by Gasteiger charge is 2.13. The third-order valence-corrected chi connectivity index (χ3v) is 3.97. The normalized spacial score (nSPS) is 10.9. The van der Waals surface area contributed by atoms with E-state index in [0.29, 0.717) is 16.4 Å². The van der Waals surface area contributed by atoms with Crippen molar-refractivity contribution < 1.29 is 13.9 Å². The van der Waals surface area contributed by atoms with Gasteiger partial charge in [-0.3, -0.25) is 9.59 Å². The Balaban J connectivity index is 2.03. The molecule has 3 aromatic rings. The number of thioether (sulfide) groups is 1. The number of hydrogen-bond donors (Lipinski definition) is 1. The second-order valence-corrected chi connectivity index (χ2v) is 5.48. The molecular formula is C14H11FN4O3S. The van der Waals surface area contributed by atoms with Crippen LogP contribution in [0.4, 0.5) is 4.39 Å². The monoisotopic (exact) mass is 334 g/mol. The van der Waals surface area contributed by atoms with E-state index in [1.165, 1.54) is 23.8 Å². The molecular weight excluding hydrogens is 323 g/mol. The average Bonchev–Trinajstić information content (AvgIpc) is 3.01. The lowest BCUT2D eigenvalue weighted by Crippen LogP contribution is -2.14. The SMILES string of the molecule is COC(=O)CSc1n[nH]c(=O)c2cc(-c3ccc(F)cc3)nn12. The first-order valence-electron chi connectivity index (χ1n) is 6.52. The standard InChI is InChI=1S/C14H11FN4O3S/c1-22-12(20)7-23-14-17-16-13(21)11-6-10(18-19(11)14)8-2-4-9(15)5-3-8/h2-6H,7H2,1H3,(H,16,21). The van der Waals surface area contributed by atoms with Crippen LogP contribution in [0.1, 0.15) is 0 Å². The lowest BCUT2D eigenvalue weighted by atomic mass is 10.1. The molecule has 2 heterocycles. The number of carbonyl (C=O) groups is 1. The van der Waals surface area contributed by atoms with Crippen LogP contribution in [0.15, 0.2) is 40.3 Å². The Bertz CT molecular complexity index is 920. The van der Waals surface area contributed by atoms with E-state index in [0.717, 1.165) is 11.8 Å². The van der Waals surface area contributed by atoms with Gasteiger partial charge < -0.3 is 4.74 Å². The maximum atomic E-state index is 13.0. The quantitative estimate of drug-likeness (QED) is 0.574. The predicted molar refractivity (Wildman–Crippen MR) is 81.7 cm³/mol. The van der Waals surface area contributed by atoms with Gasteiger partial charge in [0.1, 0.15) is 11.3 Å². The molecule has 0 amide bonds. The molecule has 118 valence electrons. The minimum atomic E-state index is -0.415. The molecule has 1 N–H and O–H groups in total. The van der Waals surface area contributed by atoms with Gasteiger partial charge in [0.25, 0.3) is 5.56 Å². The van der Waals surface area contributed by atoms with Gasteiger partial charge in [0, 0.05) is 5.56 Å². The molecule has 0 aliphatic rings. The van der Waals surface area contributed by atoms with E-state index in [-0.39, 0.29) is 17.1 Å². The molecule has 0 aliphatic carbocycles. The zero-order chi connectivity index (χ0) is 16.4. The molecule has 0 saturated heterocycles. The summed E-state index contributed by atoms with van der Waals surface area (Å²) in [6, 6.07) is 7.35. The van der Waals surface area contributed by atoms with Gasteiger partial charge in [-0.25, -0.2) is 14.0 Å². The Hall–Kier alpha value is -2.68.